The Balaban J connectivity index is 1.43. The van der Waals surface area contributed by atoms with Crippen LogP contribution in [0.4, 0.5) is 4.39 Å². The zero-order valence-corrected chi connectivity index (χ0v) is 12.7. The molecule has 1 saturated heterocycles. The second kappa shape index (κ2) is 5.65. The first kappa shape index (κ1) is 14.2. The third kappa shape index (κ3) is 2.76. The van der Waals surface area contributed by atoms with E-state index in [1.54, 1.807) is 6.07 Å². The molecule has 4 rings (SSSR count). The lowest BCUT2D eigenvalue weighted by Gasteiger charge is -2.25. The van der Waals surface area contributed by atoms with Gasteiger partial charge in [0, 0.05) is 31.0 Å². The Hall–Kier alpha value is -1.42. The molecule has 2 aliphatic carbocycles. The van der Waals surface area contributed by atoms with Crippen LogP contribution in [0.15, 0.2) is 24.3 Å². The standard InChI is InChI=1S/C18H22FNO2/c19-17-4-2-1-3-14(17)15-9-16(15)18(21)20(13-5-6-13)10-12-7-8-22-11-12/h1-4,12-13,15-16H,5-11H2/t12-,15+,16+/m0/s1. The van der Waals surface area contributed by atoms with Crippen LogP contribution in [0, 0.1) is 17.7 Å². The highest BCUT2D eigenvalue weighted by molar-refractivity contribution is 5.83. The summed E-state index contributed by atoms with van der Waals surface area (Å²) in [4.78, 5) is 14.9. The lowest BCUT2D eigenvalue weighted by atomic mass is 10.1. The van der Waals surface area contributed by atoms with E-state index < -0.39 is 0 Å². The van der Waals surface area contributed by atoms with Crippen molar-refractivity contribution in [2.24, 2.45) is 11.8 Å². The van der Waals surface area contributed by atoms with Crippen molar-refractivity contribution in [2.45, 2.75) is 37.6 Å². The third-order valence-electron chi connectivity index (χ3n) is 5.16. The molecule has 3 fully saturated rings. The third-order valence-corrected chi connectivity index (χ3v) is 5.16. The van der Waals surface area contributed by atoms with Crippen molar-refractivity contribution in [3.05, 3.63) is 35.6 Å². The maximum atomic E-state index is 13.9. The average Bonchev–Trinajstić information content (AvgIpc) is 3.44. The van der Waals surface area contributed by atoms with Crippen LogP contribution >= 0.6 is 0 Å². The Bertz CT molecular complexity index is 566. The topological polar surface area (TPSA) is 29.5 Å². The number of benzene rings is 1. The second-order valence-electron chi connectivity index (χ2n) is 6.92. The van der Waals surface area contributed by atoms with Gasteiger partial charge in [-0.25, -0.2) is 4.39 Å². The zero-order valence-electron chi connectivity index (χ0n) is 12.7. The van der Waals surface area contributed by atoms with Crippen molar-refractivity contribution in [3.8, 4) is 0 Å². The SMILES string of the molecule is O=C([C@@H]1C[C@@H]1c1ccccc1F)N(C[C@@H]1CCOC1)C1CC1. The van der Waals surface area contributed by atoms with Crippen molar-refractivity contribution in [1.29, 1.82) is 0 Å². The first-order chi connectivity index (χ1) is 10.7. The Morgan fingerprint density at radius 3 is 2.77 bits per heavy atom. The first-order valence-corrected chi connectivity index (χ1v) is 8.36. The first-order valence-electron chi connectivity index (χ1n) is 8.36. The number of carbonyl (C=O) groups excluding carboxylic acids is 1. The van der Waals surface area contributed by atoms with Crippen molar-refractivity contribution in [2.75, 3.05) is 19.8 Å². The van der Waals surface area contributed by atoms with Crippen molar-refractivity contribution < 1.29 is 13.9 Å². The van der Waals surface area contributed by atoms with Gasteiger partial charge in [0.25, 0.3) is 0 Å². The predicted molar refractivity (Wildman–Crippen MR) is 80.9 cm³/mol. The van der Waals surface area contributed by atoms with E-state index in [-0.39, 0.29) is 23.6 Å². The van der Waals surface area contributed by atoms with Gasteiger partial charge in [0.15, 0.2) is 0 Å². The van der Waals surface area contributed by atoms with Crippen LogP contribution in [0.3, 0.4) is 0 Å². The van der Waals surface area contributed by atoms with Crippen LogP contribution in [-0.2, 0) is 9.53 Å². The maximum absolute atomic E-state index is 13.9. The van der Waals surface area contributed by atoms with E-state index >= 15 is 0 Å². The molecule has 22 heavy (non-hydrogen) atoms. The highest BCUT2D eigenvalue weighted by atomic mass is 19.1. The van der Waals surface area contributed by atoms with E-state index in [0.29, 0.717) is 17.5 Å². The average molecular weight is 303 g/mol. The summed E-state index contributed by atoms with van der Waals surface area (Å²) in [5.41, 5.74) is 0.709. The van der Waals surface area contributed by atoms with Gasteiger partial charge in [0.1, 0.15) is 5.82 Å². The molecule has 2 saturated carbocycles. The van der Waals surface area contributed by atoms with E-state index in [0.717, 1.165) is 45.4 Å². The molecule has 0 aromatic heterocycles. The molecule has 4 heteroatoms. The van der Waals surface area contributed by atoms with Crippen LogP contribution in [0.2, 0.25) is 0 Å². The van der Waals surface area contributed by atoms with Crippen LogP contribution in [0.5, 0.6) is 0 Å². The minimum absolute atomic E-state index is 0.0141. The fraction of sp³-hybridized carbons (Fsp3) is 0.611. The number of ether oxygens (including phenoxy) is 1. The van der Waals surface area contributed by atoms with E-state index in [1.807, 2.05) is 12.1 Å². The highest BCUT2D eigenvalue weighted by Gasteiger charge is 2.49. The summed E-state index contributed by atoms with van der Waals surface area (Å²) in [6.07, 6.45) is 4.09. The molecular weight excluding hydrogens is 281 g/mol. The van der Waals surface area contributed by atoms with Crippen molar-refractivity contribution >= 4 is 5.91 Å². The molecule has 0 unspecified atom stereocenters. The van der Waals surface area contributed by atoms with Gasteiger partial charge in [-0.05, 0) is 43.2 Å². The summed E-state index contributed by atoms with van der Waals surface area (Å²) in [7, 11) is 0. The quantitative estimate of drug-likeness (QED) is 0.837. The molecule has 0 radical (unpaired) electrons. The molecule has 1 aliphatic heterocycles. The summed E-state index contributed by atoms with van der Waals surface area (Å²) in [6.45, 7) is 2.42. The molecule has 3 aliphatic rings. The van der Waals surface area contributed by atoms with Gasteiger partial charge in [-0.2, -0.15) is 0 Å². The van der Waals surface area contributed by atoms with Gasteiger partial charge in [-0.3, -0.25) is 4.79 Å². The Morgan fingerprint density at radius 2 is 2.09 bits per heavy atom. The minimum Gasteiger partial charge on any atom is -0.381 e. The van der Waals surface area contributed by atoms with Gasteiger partial charge in [-0.1, -0.05) is 18.2 Å². The molecule has 0 bridgehead atoms. The fourth-order valence-corrected chi connectivity index (χ4v) is 3.61. The number of carbonyl (C=O) groups is 1. The van der Waals surface area contributed by atoms with E-state index in [2.05, 4.69) is 4.90 Å². The lowest BCUT2D eigenvalue weighted by molar-refractivity contribution is -0.134. The minimum atomic E-state index is -0.176. The van der Waals surface area contributed by atoms with Crippen molar-refractivity contribution in [3.63, 3.8) is 0 Å². The van der Waals surface area contributed by atoms with Crippen molar-refractivity contribution in [1.82, 2.24) is 4.90 Å². The van der Waals surface area contributed by atoms with Gasteiger partial charge in [0.2, 0.25) is 5.91 Å². The normalized spacial score (nSPS) is 30.3. The fourth-order valence-electron chi connectivity index (χ4n) is 3.61. The van der Waals surface area contributed by atoms with E-state index in [4.69, 9.17) is 4.74 Å². The molecule has 1 aromatic rings. The summed E-state index contributed by atoms with van der Waals surface area (Å²) >= 11 is 0. The second-order valence-corrected chi connectivity index (χ2v) is 6.92. The number of hydrogen-bond acceptors (Lipinski definition) is 2. The molecule has 3 atom stereocenters. The summed E-state index contributed by atoms with van der Waals surface area (Å²) in [5, 5.41) is 0. The summed E-state index contributed by atoms with van der Waals surface area (Å²) < 4.78 is 19.3. The maximum Gasteiger partial charge on any atom is 0.226 e. The molecule has 1 amide bonds. The molecule has 3 nitrogen and oxygen atoms in total. The summed E-state index contributed by atoms with van der Waals surface area (Å²) in [5.74, 6) is 0.609. The molecule has 1 heterocycles. The smallest absolute Gasteiger partial charge is 0.226 e. The Morgan fingerprint density at radius 1 is 1.27 bits per heavy atom. The molecule has 0 N–H and O–H groups in total. The Kier molecular flexibility index (Phi) is 3.65. The van der Waals surface area contributed by atoms with Crippen LogP contribution < -0.4 is 0 Å². The number of amides is 1. The number of hydrogen-bond donors (Lipinski definition) is 0. The van der Waals surface area contributed by atoms with E-state index in [1.165, 1.54) is 6.07 Å². The van der Waals surface area contributed by atoms with Gasteiger partial charge < -0.3 is 9.64 Å². The summed E-state index contributed by atoms with van der Waals surface area (Å²) in [6, 6.07) is 7.29. The van der Waals surface area contributed by atoms with Gasteiger partial charge >= 0.3 is 0 Å². The van der Waals surface area contributed by atoms with Crippen LogP contribution in [-0.4, -0.2) is 36.6 Å². The largest absolute Gasteiger partial charge is 0.381 e. The number of nitrogens with zero attached hydrogens (tertiary/aromatic N) is 1. The molecule has 1 aromatic carbocycles. The zero-order chi connectivity index (χ0) is 15.1. The molecule has 118 valence electrons. The van der Waals surface area contributed by atoms with Crippen LogP contribution in [0.25, 0.3) is 0 Å². The predicted octanol–water partition coefficient (Wildman–Crippen LogP) is 2.96. The van der Waals surface area contributed by atoms with E-state index in [9.17, 15) is 9.18 Å². The highest BCUT2D eigenvalue weighted by Crippen LogP contribution is 2.50. The van der Waals surface area contributed by atoms with Gasteiger partial charge in [-0.15, -0.1) is 0 Å². The monoisotopic (exact) mass is 303 g/mol. The number of rotatable bonds is 5. The Labute approximate surface area is 130 Å². The number of halogens is 1. The van der Waals surface area contributed by atoms with Gasteiger partial charge in [0.05, 0.1) is 6.61 Å². The van der Waals surface area contributed by atoms with Crippen LogP contribution in [0.1, 0.15) is 37.2 Å². The molecule has 0 spiro atoms. The molecular formula is C18H22FNO2. The lowest BCUT2D eigenvalue weighted by Crippen LogP contribution is -2.38.